The predicted octanol–water partition coefficient (Wildman–Crippen LogP) is 4.52. The Hall–Kier alpha value is -4.91. The minimum atomic E-state index is -0.626. The van der Waals surface area contributed by atoms with Crippen LogP contribution in [0.1, 0.15) is 61.4 Å². The summed E-state index contributed by atoms with van der Waals surface area (Å²) in [5.74, 6) is -1.11. The normalized spacial score (nSPS) is 16.3. The summed E-state index contributed by atoms with van der Waals surface area (Å²) < 4.78 is 0. The molecule has 7 nitrogen and oxygen atoms in total. The number of nitrogen functional groups attached to an aromatic ring is 1. The Morgan fingerprint density at radius 3 is 2.19 bits per heavy atom. The maximum absolute atomic E-state index is 12.2. The zero-order valence-corrected chi connectivity index (χ0v) is 20.1. The number of amides is 2. The van der Waals surface area contributed by atoms with Crippen LogP contribution in [0.2, 0.25) is 0 Å². The van der Waals surface area contributed by atoms with Gasteiger partial charge in [0.25, 0.3) is 0 Å². The Balaban J connectivity index is 1.56. The van der Waals surface area contributed by atoms with Crippen LogP contribution in [0.5, 0.6) is 0 Å². The van der Waals surface area contributed by atoms with Gasteiger partial charge in [-0.2, -0.15) is 0 Å². The van der Waals surface area contributed by atoms with Gasteiger partial charge in [0.05, 0.1) is 6.04 Å². The number of carbonyl (C=O) groups is 2. The van der Waals surface area contributed by atoms with Gasteiger partial charge in [-0.15, -0.1) is 0 Å². The summed E-state index contributed by atoms with van der Waals surface area (Å²) in [6.45, 7) is 0. The van der Waals surface area contributed by atoms with E-state index in [1.54, 1.807) is 12.1 Å². The average molecular weight is 490 g/mol. The molecule has 37 heavy (non-hydrogen) atoms. The summed E-state index contributed by atoms with van der Waals surface area (Å²) in [5.41, 5.74) is 23.8. The lowest BCUT2D eigenvalue weighted by molar-refractivity contribution is 0.0999. The van der Waals surface area contributed by atoms with Crippen molar-refractivity contribution < 1.29 is 9.59 Å². The first-order valence-electron chi connectivity index (χ1n) is 12.0. The van der Waals surface area contributed by atoms with Crippen LogP contribution in [0.3, 0.4) is 0 Å². The number of primary amides is 2. The van der Waals surface area contributed by atoms with E-state index in [0.717, 1.165) is 28.8 Å². The fourth-order valence-electron chi connectivity index (χ4n) is 5.06. The number of rotatable bonds is 6. The smallest absolute Gasteiger partial charge is 0.249 e. The number of amidine groups is 1. The third-order valence-corrected chi connectivity index (χ3v) is 6.91. The van der Waals surface area contributed by atoms with Crippen LogP contribution in [0.4, 0.5) is 5.69 Å². The van der Waals surface area contributed by atoms with Crippen molar-refractivity contribution in [2.24, 2.45) is 17.2 Å². The van der Waals surface area contributed by atoms with Gasteiger partial charge >= 0.3 is 0 Å². The first kappa shape index (κ1) is 23.8. The van der Waals surface area contributed by atoms with Gasteiger partial charge in [-0.25, -0.2) is 0 Å². The fraction of sp³-hybridized carbons (Fsp3) is 0.100. The Labute approximate surface area is 214 Å². The molecule has 4 aromatic carbocycles. The SMILES string of the molecule is N=C(N)c1ccc2c(c1)C(c1ccccc1)CC(c1cccc(-c3ccc(C(N)=O)cc3C(N)=O)c1)N2. The van der Waals surface area contributed by atoms with E-state index in [0.29, 0.717) is 11.1 Å². The van der Waals surface area contributed by atoms with Crippen molar-refractivity contribution in [1.29, 1.82) is 5.41 Å². The molecule has 2 atom stereocenters. The quantitative estimate of drug-likeness (QED) is 0.200. The second-order valence-electron chi connectivity index (χ2n) is 9.23. The molecule has 8 N–H and O–H groups in total. The van der Waals surface area contributed by atoms with E-state index in [2.05, 4.69) is 23.5 Å². The lowest BCUT2D eigenvalue weighted by atomic mass is 9.79. The summed E-state index contributed by atoms with van der Waals surface area (Å²) in [6.07, 6.45) is 0.783. The molecule has 4 aromatic rings. The summed E-state index contributed by atoms with van der Waals surface area (Å²) in [4.78, 5) is 23.8. The van der Waals surface area contributed by atoms with Crippen LogP contribution in [-0.4, -0.2) is 17.6 Å². The van der Waals surface area contributed by atoms with E-state index >= 15 is 0 Å². The fourth-order valence-corrected chi connectivity index (χ4v) is 5.06. The highest BCUT2D eigenvalue weighted by Crippen LogP contribution is 2.44. The molecule has 1 heterocycles. The average Bonchev–Trinajstić information content (AvgIpc) is 2.92. The van der Waals surface area contributed by atoms with Gasteiger partial charge in [-0.05, 0) is 70.6 Å². The number of hydrogen-bond acceptors (Lipinski definition) is 4. The Bertz CT molecular complexity index is 1530. The largest absolute Gasteiger partial charge is 0.384 e. The first-order valence-corrected chi connectivity index (χ1v) is 12.0. The second-order valence-corrected chi connectivity index (χ2v) is 9.23. The van der Waals surface area contributed by atoms with E-state index in [1.165, 1.54) is 11.6 Å². The van der Waals surface area contributed by atoms with E-state index < -0.39 is 11.8 Å². The van der Waals surface area contributed by atoms with Gasteiger partial charge in [0.2, 0.25) is 11.8 Å². The van der Waals surface area contributed by atoms with Crippen molar-refractivity contribution in [3.8, 4) is 11.1 Å². The second kappa shape index (κ2) is 9.62. The summed E-state index contributed by atoms with van der Waals surface area (Å²) >= 11 is 0. The van der Waals surface area contributed by atoms with Crippen molar-refractivity contribution in [3.05, 3.63) is 124 Å². The predicted molar refractivity (Wildman–Crippen MR) is 146 cm³/mol. The van der Waals surface area contributed by atoms with Crippen LogP contribution in [0, 0.1) is 5.41 Å². The molecule has 0 saturated heterocycles. The van der Waals surface area contributed by atoms with E-state index in [-0.39, 0.29) is 28.9 Å². The molecular weight excluding hydrogens is 462 g/mol. The molecule has 7 heteroatoms. The highest BCUT2D eigenvalue weighted by molar-refractivity contribution is 6.03. The number of fused-ring (bicyclic) bond motifs is 1. The Morgan fingerprint density at radius 2 is 1.49 bits per heavy atom. The van der Waals surface area contributed by atoms with Crippen LogP contribution in [0.25, 0.3) is 11.1 Å². The van der Waals surface area contributed by atoms with Gasteiger partial charge in [-0.3, -0.25) is 15.0 Å². The monoisotopic (exact) mass is 489 g/mol. The molecule has 2 amide bonds. The zero-order chi connectivity index (χ0) is 26.1. The maximum atomic E-state index is 12.2. The van der Waals surface area contributed by atoms with E-state index in [9.17, 15) is 9.59 Å². The molecule has 0 fully saturated rings. The van der Waals surface area contributed by atoms with Crippen molar-refractivity contribution in [2.45, 2.75) is 18.4 Å². The number of nitrogens with two attached hydrogens (primary N) is 3. The van der Waals surface area contributed by atoms with Gasteiger partial charge < -0.3 is 22.5 Å². The zero-order valence-electron chi connectivity index (χ0n) is 20.1. The number of benzene rings is 4. The molecule has 0 saturated carbocycles. The van der Waals surface area contributed by atoms with Crippen LogP contribution >= 0.6 is 0 Å². The summed E-state index contributed by atoms with van der Waals surface area (Å²) in [6, 6.07) is 28.8. The van der Waals surface area contributed by atoms with Gasteiger partial charge in [0, 0.05) is 28.3 Å². The van der Waals surface area contributed by atoms with Crippen molar-refractivity contribution in [2.75, 3.05) is 5.32 Å². The molecular formula is C30H27N5O2. The molecule has 0 aliphatic carbocycles. The van der Waals surface area contributed by atoms with Crippen LogP contribution < -0.4 is 22.5 Å². The highest BCUT2D eigenvalue weighted by Gasteiger charge is 2.29. The third kappa shape index (κ3) is 4.67. The standard InChI is InChI=1S/C30H27N5O2/c31-28(32)20-10-12-26-24(14-20)23(17-5-2-1-3-6-17)16-27(35-26)19-8-4-7-18(13-19)22-11-9-21(29(33)36)15-25(22)30(34)37/h1-15,23,27,35H,16H2,(H3,31,32)(H2,33,36)(H2,34,37). The molecule has 0 spiro atoms. The molecule has 1 aliphatic heterocycles. The van der Waals surface area contributed by atoms with Crippen molar-refractivity contribution in [1.82, 2.24) is 0 Å². The summed E-state index contributed by atoms with van der Waals surface area (Å²) in [7, 11) is 0. The number of anilines is 1. The number of hydrogen-bond donors (Lipinski definition) is 5. The van der Waals surface area contributed by atoms with Crippen molar-refractivity contribution in [3.63, 3.8) is 0 Å². The topological polar surface area (TPSA) is 148 Å². The van der Waals surface area contributed by atoms with Gasteiger partial charge in [0.1, 0.15) is 5.84 Å². The van der Waals surface area contributed by atoms with Crippen molar-refractivity contribution >= 4 is 23.3 Å². The van der Waals surface area contributed by atoms with E-state index in [1.807, 2.05) is 54.6 Å². The lowest BCUT2D eigenvalue weighted by Crippen LogP contribution is -2.23. The Kier molecular flexibility index (Phi) is 6.19. The first-order chi connectivity index (χ1) is 17.8. The molecule has 2 unspecified atom stereocenters. The summed E-state index contributed by atoms with van der Waals surface area (Å²) in [5, 5.41) is 11.5. The van der Waals surface area contributed by atoms with Crippen LogP contribution in [0.15, 0.2) is 91.0 Å². The third-order valence-electron chi connectivity index (χ3n) is 6.91. The molecule has 1 aliphatic rings. The van der Waals surface area contributed by atoms with Crippen LogP contribution in [-0.2, 0) is 0 Å². The highest BCUT2D eigenvalue weighted by atomic mass is 16.1. The minimum Gasteiger partial charge on any atom is -0.384 e. The van der Waals surface area contributed by atoms with Gasteiger partial charge in [-0.1, -0.05) is 54.6 Å². The lowest BCUT2D eigenvalue weighted by Gasteiger charge is -2.34. The minimum absolute atomic E-state index is 0.0113. The Morgan fingerprint density at radius 1 is 0.757 bits per heavy atom. The maximum Gasteiger partial charge on any atom is 0.249 e. The number of carbonyl (C=O) groups excluding carboxylic acids is 2. The molecule has 0 bridgehead atoms. The number of nitrogens with one attached hydrogen (secondary N) is 2. The molecule has 184 valence electrons. The molecule has 0 aromatic heterocycles. The molecule has 5 rings (SSSR count). The van der Waals surface area contributed by atoms with E-state index in [4.69, 9.17) is 22.6 Å². The van der Waals surface area contributed by atoms with Gasteiger partial charge in [0.15, 0.2) is 0 Å². The molecule has 0 radical (unpaired) electrons.